The maximum atomic E-state index is 2.36. The van der Waals surface area contributed by atoms with Crippen LogP contribution in [0.25, 0.3) is 0 Å². The summed E-state index contributed by atoms with van der Waals surface area (Å²) in [5.74, 6) is 0.931. The first kappa shape index (κ1) is 22.7. The highest BCUT2D eigenvalue weighted by Gasteiger charge is 2.10. The van der Waals surface area contributed by atoms with Gasteiger partial charge in [-0.05, 0) is 34.7 Å². The van der Waals surface area contributed by atoms with Gasteiger partial charge in [-0.25, -0.2) is 0 Å². The van der Waals surface area contributed by atoms with Crippen LogP contribution in [0, 0.1) is 5.92 Å². The molecular weight excluding hydrogens is 320 g/mol. The molecule has 1 heteroatoms. The van der Waals surface area contributed by atoms with Gasteiger partial charge < -0.3 is 0 Å². The molecule has 146 valence electrons. The molecule has 1 heterocycles. The first-order valence-electron chi connectivity index (χ1n) is 11.4. The normalized spacial score (nSPS) is 12.6. The standard InChI is InChI=1S/C24H44S/c1-3-5-7-9-11-12-14-16-18-23(21-24-19-20-25-22-24)17-15-13-10-8-6-4-2/h19-20,22-23H,3-18,21H2,1-2H3. The zero-order chi connectivity index (χ0) is 18.0. The van der Waals surface area contributed by atoms with Crippen LogP contribution in [-0.2, 0) is 6.42 Å². The molecular formula is C24H44S. The van der Waals surface area contributed by atoms with Crippen molar-refractivity contribution in [3.05, 3.63) is 22.4 Å². The Morgan fingerprint density at radius 1 is 0.680 bits per heavy atom. The van der Waals surface area contributed by atoms with E-state index >= 15 is 0 Å². The van der Waals surface area contributed by atoms with Crippen molar-refractivity contribution in [3.8, 4) is 0 Å². The second kappa shape index (κ2) is 17.1. The molecule has 1 atom stereocenters. The van der Waals surface area contributed by atoms with E-state index in [1.807, 2.05) is 11.3 Å². The first-order chi connectivity index (χ1) is 12.4. The number of hydrogen-bond donors (Lipinski definition) is 0. The zero-order valence-electron chi connectivity index (χ0n) is 17.2. The Labute approximate surface area is 162 Å². The van der Waals surface area contributed by atoms with Crippen LogP contribution in [0.4, 0.5) is 0 Å². The Bertz CT molecular complexity index is 354. The molecule has 1 aromatic rings. The molecule has 0 aliphatic heterocycles. The molecule has 0 nitrogen and oxygen atoms in total. The van der Waals surface area contributed by atoms with E-state index < -0.39 is 0 Å². The number of rotatable bonds is 18. The van der Waals surface area contributed by atoms with Crippen molar-refractivity contribution in [2.75, 3.05) is 0 Å². The molecule has 0 saturated carbocycles. The molecule has 0 saturated heterocycles. The van der Waals surface area contributed by atoms with Gasteiger partial charge in [-0.2, -0.15) is 11.3 Å². The maximum Gasteiger partial charge on any atom is -0.00612 e. The summed E-state index contributed by atoms with van der Waals surface area (Å²) in [5.41, 5.74) is 1.58. The van der Waals surface area contributed by atoms with Gasteiger partial charge >= 0.3 is 0 Å². The van der Waals surface area contributed by atoms with Crippen LogP contribution in [0.1, 0.15) is 122 Å². The summed E-state index contributed by atoms with van der Waals surface area (Å²) in [6.07, 6.45) is 24.4. The van der Waals surface area contributed by atoms with E-state index in [1.165, 1.54) is 109 Å². The largest absolute Gasteiger partial charge is 0.152 e. The Kier molecular flexibility index (Phi) is 15.6. The molecule has 1 rings (SSSR count). The highest BCUT2D eigenvalue weighted by Crippen LogP contribution is 2.24. The van der Waals surface area contributed by atoms with E-state index in [9.17, 15) is 0 Å². The topological polar surface area (TPSA) is 0 Å². The van der Waals surface area contributed by atoms with E-state index in [2.05, 4.69) is 30.7 Å². The van der Waals surface area contributed by atoms with E-state index in [0.717, 1.165) is 5.92 Å². The van der Waals surface area contributed by atoms with E-state index in [1.54, 1.807) is 5.56 Å². The molecule has 0 amide bonds. The fraction of sp³-hybridized carbons (Fsp3) is 0.833. The molecule has 0 fully saturated rings. The van der Waals surface area contributed by atoms with Crippen LogP contribution in [0.3, 0.4) is 0 Å². The summed E-state index contributed by atoms with van der Waals surface area (Å²) in [6.45, 7) is 4.61. The van der Waals surface area contributed by atoms with Gasteiger partial charge in [0.05, 0.1) is 0 Å². The van der Waals surface area contributed by atoms with Gasteiger partial charge in [0.15, 0.2) is 0 Å². The minimum Gasteiger partial charge on any atom is -0.152 e. The summed E-state index contributed by atoms with van der Waals surface area (Å²) in [7, 11) is 0. The quantitative estimate of drug-likeness (QED) is 0.228. The van der Waals surface area contributed by atoms with Crippen molar-refractivity contribution < 1.29 is 0 Å². The lowest BCUT2D eigenvalue weighted by molar-refractivity contribution is 0.400. The summed E-state index contributed by atoms with van der Waals surface area (Å²) in [5, 5.41) is 4.61. The lowest BCUT2D eigenvalue weighted by Crippen LogP contribution is -2.05. The molecule has 0 bridgehead atoms. The summed E-state index contributed by atoms with van der Waals surface area (Å²) in [4.78, 5) is 0. The fourth-order valence-electron chi connectivity index (χ4n) is 3.87. The Balaban J connectivity index is 2.13. The Morgan fingerprint density at radius 3 is 1.60 bits per heavy atom. The van der Waals surface area contributed by atoms with Gasteiger partial charge in [0.25, 0.3) is 0 Å². The minimum atomic E-state index is 0.931. The molecule has 0 aliphatic carbocycles. The van der Waals surface area contributed by atoms with Crippen molar-refractivity contribution in [2.24, 2.45) is 5.92 Å². The second-order valence-corrected chi connectivity index (χ2v) is 8.80. The van der Waals surface area contributed by atoms with E-state index in [-0.39, 0.29) is 0 Å². The third-order valence-electron chi connectivity index (χ3n) is 5.54. The van der Waals surface area contributed by atoms with Gasteiger partial charge in [0.2, 0.25) is 0 Å². The predicted molar refractivity (Wildman–Crippen MR) is 117 cm³/mol. The molecule has 0 spiro atoms. The van der Waals surface area contributed by atoms with Gasteiger partial charge in [0.1, 0.15) is 0 Å². The molecule has 0 aromatic carbocycles. The number of thiophene rings is 1. The Morgan fingerprint density at radius 2 is 1.16 bits per heavy atom. The lowest BCUT2D eigenvalue weighted by atomic mass is 9.89. The molecule has 0 aliphatic rings. The smallest absolute Gasteiger partial charge is 0.00612 e. The molecule has 1 unspecified atom stereocenters. The van der Waals surface area contributed by atoms with Crippen molar-refractivity contribution >= 4 is 11.3 Å². The summed E-state index contributed by atoms with van der Waals surface area (Å²) in [6, 6.07) is 2.34. The monoisotopic (exact) mass is 364 g/mol. The number of unbranched alkanes of at least 4 members (excludes halogenated alkanes) is 12. The average Bonchev–Trinajstić information content (AvgIpc) is 3.13. The van der Waals surface area contributed by atoms with Gasteiger partial charge in [0, 0.05) is 0 Å². The third-order valence-corrected chi connectivity index (χ3v) is 6.27. The van der Waals surface area contributed by atoms with Gasteiger partial charge in [-0.15, -0.1) is 0 Å². The average molecular weight is 365 g/mol. The highest BCUT2D eigenvalue weighted by molar-refractivity contribution is 7.07. The molecule has 1 aromatic heterocycles. The SMILES string of the molecule is CCCCCCCCCCC(CCCCCCCC)Cc1ccsc1. The molecule has 25 heavy (non-hydrogen) atoms. The van der Waals surface area contributed by atoms with E-state index in [4.69, 9.17) is 0 Å². The van der Waals surface area contributed by atoms with Crippen LogP contribution >= 0.6 is 11.3 Å². The molecule has 0 N–H and O–H groups in total. The number of hydrogen-bond acceptors (Lipinski definition) is 1. The maximum absolute atomic E-state index is 2.36. The van der Waals surface area contributed by atoms with Crippen LogP contribution in [0.15, 0.2) is 16.8 Å². The third kappa shape index (κ3) is 13.5. The summed E-state index contributed by atoms with van der Waals surface area (Å²) < 4.78 is 0. The second-order valence-electron chi connectivity index (χ2n) is 8.02. The van der Waals surface area contributed by atoms with Gasteiger partial charge in [-0.3, -0.25) is 0 Å². The first-order valence-corrected chi connectivity index (χ1v) is 12.3. The van der Waals surface area contributed by atoms with Crippen molar-refractivity contribution in [3.63, 3.8) is 0 Å². The Hall–Kier alpha value is -0.300. The summed E-state index contributed by atoms with van der Waals surface area (Å²) >= 11 is 1.86. The minimum absolute atomic E-state index is 0.931. The predicted octanol–water partition coefficient (Wildman–Crippen LogP) is 9.19. The van der Waals surface area contributed by atoms with Crippen LogP contribution < -0.4 is 0 Å². The van der Waals surface area contributed by atoms with Crippen LogP contribution in [0.5, 0.6) is 0 Å². The van der Waals surface area contributed by atoms with Gasteiger partial charge in [-0.1, -0.05) is 117 Å². The van der Waals surface area contributed by atoms with E-state index in [0.29, 0.717) is 0 Å². The van der Waals surface area contributed by atoms with Crippen LogP contribution in [-0.4, -0.2) is 0 Å². The molecule has 0 radical (unpaired) electrons. The zero-order valence-corrected chi connectivity index (χ0v) is 18.1. The lowest BCUT2D eigenvalue weighted by Gasteiger charge is -2.16. The van der Waals surface area contributed by atoms with Crippen LogP contribution in [0.2, 0.25) is 0 Å². The van der Waals surface area contributed by atoms with Crippen molar-refractivity contribution in [2.45, 2.75) is 123 Å². The van der Waals surface area contributed by atoms with Crippen molar-refractivity contribution in [1.82, 2.24) is 0 Å². The highest BCUT2D eigenvalue weighted by atomic mass is 32.1. The fourth-order valence-corrected chi connectivity index (χ4v) is 4.55. The van der Waals surface area contributed by atoms with Crippen molar-refractivity contribution in [1.29, 1.82) is 0 Å².